The van der Waals surface area contributed by atoms with Crippen LogP contribution >= 0.6 is 11.8 Å². The van der Waals surface area contributed by atoms with Crippen LogP contribution in [0.5, 0.6) is 0 Å². The molecule has 6 nitrogen and oxygen atoms in total. The predicted octanol–water partition coefficient (Wildman–Crippen LogP) is 1.11. The number of carboxylic acids is 1. The van der Waals surface area contributed by atoms with E-state index in [9.17, 15) is 14.4 Å². The van der Waals surface area contributed by atoms with Gasteiger partial charge >= 0.3 is 5.97 Å². The van der Waals surface area contributed by atoms with E-state index >= 15 is 0 Å². The lowest BCUT2D eigenvalue weighted by Gasteiger charge is -2.09. The number of hydrogen-bond acceptors (Lipinski definition) is 5. The van der Waals surface area contributed by atoms with Crippen molar-refractivity contribution in [3.05, 3.63) is 29.8 Å². The first kappa shape index (κ1) is 11.5. The molecule has 0 bridgehead atoms. The van der Waals surface area contributed by atoms with Crippen molar-refractivity contribution in [3.63, 3.8) is 0 Å². The Morgan fingerprint density at radius 1 is 1.29 bits per heavy atom. The van der Waals surface area contributed by atoms with E-state index in [0.717, 1.165) is 11.8 Å². The molecule has 0 radical (unpaired) electrons. The number of carboxylic acid groups (broad SMARTS) is 1. The normalized spacial score (nSPS) is 18.9. The molecule has 1 aromatic rings. The van der Waals surface area contributed by atoms with E-state index in [-0.39, 0.29) is 5.56 Å². The van der Waals surface area contributed by atoms with Crippen LogP contribution in [0.3, 0.4) is 0 Å². The molecule has 2 amide bonds. The van der Waals surface area contributed by atoms with Crippen LogP contribution in [0, 0.1) is 0 Å². The number of hydrogen-bond donors (Lipinski definition) is 3. The summed E-state index contributed by atoms with van der Waals surface area (Å²) in [4.78, 5) is 32.8. The fourth-order valence-corrected chi connectivity index (χ4v) is 2.05. The number of nitrogens with one attached hydrogen (secondary N) is 2. The predicted molar refractivity (Wildman–Crippen MR) is 61.9 cm³/mol. The van der Waals surface area contributed by atoms with Crippen molar-refractivity contribution in [2.45, 2.75) is 5.37 Å². The molecule has 3 N–H and O–H groups in total. The van der Waals surface area contributed by atoms with Crippen molar-refractivity contribution in [2.24, 2.45) is 0 Å². The molecule has 1 aliphatic rings. The standard InChI is InChI=1S/C10H8N2O4S/c13-7-8(17-10(16)12-7)11-6-3-1-5(2-4-6)9(14)15/h1-4,8,11H,(H,14,15)(H,12,13,16)/t8-/m0/s1. The van der Waals surface area contributed by atoms with Crippen molar-refractivity contribution in [1.29, 1.82) is 0 Å². The SMILES string of the molecule is O=C1NC(=O)[C@@H](Nc2ccc(C(=O)O)cc2)S1. The summed E-state index contributed by atoms with van der Waals surface area (Å²) in [6.45, 7) is 0. The highest BCUT2D eigenvalue weighted by Gasteiger charge is 2.31. The van der Waals surface area contributed by atoms with Gasteiger partial charge in [-0.05, 0) is 36.0 Å². The lowest BCUT2D eigenvalue weighted by molar-refractivity contribution is -0.118. The molecule has 2 rings (SSSR count). The highest BCUT2D eigenvalue weighted by atomic mass is 32.2. The Labute approximate surface area is 100 Å². The lowest BCUT2D eigenvalue weighted by atomic mass is 10.2. The summed E-state index contributed by atoms with van der Waals surface area (Å²) >= 11 is 0.852. The second kappa shape index (κ2) is 4.46. The average molecular weight is 252 g/mol. The topological polar surface area (TPSA) is 95.5 Å². The minimum Gasteiger partial charge on any atom is -0.478 e. The zero-order valence-electron chi connectivity index (χ0n) is 8.47. The van der Waals surface area contributed by atoms with Gasteiger partial charge in [-0.3, -0.25) is 14.9 Å². The van der Waals surface area contributed by atoms with Crippen LogP contribution in [0.2, 0.25) is 0 Å². The molecular formula is C10H8N2O4S. The molecule has 1 heterocycles. The first-order valence-electron chi connectivity index (χ1n) is 4.67. The Bertz CT molecular complexity index is 486. The monoisotopic (exact) mass is 252 g/mol. The number of imide groups is 1. The van der Waals surface area contributed by atoms with Crippen molar-refractivity contribution in [3.8, 4) is 0 Å². The van der Waals surface area contributed by atoms with Gasteiger partial charge in [-0.25, -0.2) is 4.79 Å². The summed E-state index contributed by atoms with van der Waals surface area (Å²) in [5.74, 6) is -1.41. The maximum Gasteiger partial charge on any atom is 0.335 e. The number of anilines is 1. The van der Waals surface area contributed by atoms with Crippen LogP contribution in [0.25, 0.3) is 0 Å². The van der Waals surface area contributed by atoms with Crippen molar-refractivity contribution >= 4 is 34.6 Å². The number of carbonyl (C=O) groups excluding carboxylic acids is 2. The Kier molecular flexibility index (Phi) is 3.01. The molecule has 1 fully saturated rings. The van der Waals surface area contributed by atoms with Crippen LogP contribution in [-0.4, -0.2) is 27.6 Å². The molecule has 0 saturated carbocycles. The smallest absolute Gasteiger partial charge is 0.335 e. The van der Waals surface area contributed by atoms with Crippen LogP contribution in [0.4, 0.5) is 10.5 Å². The number of amides is 2. The molecule has 17 heavy (non-hydrogen) atoms. The maximum absolute atomic E-state index is 11.3. The molecule has 0 aromatic heterocycles. The third-order valence-corrected chi connectivity index (χ3v) is 3.00. The second-order valence-corrected chi connectivity index (χ2v) is 4.38. The first-order valence-corrected chi connectivity index (χ1v) is 5.55. The quantitative estimate of drug-likeness (QED) is 0.745. The Balaban J connectivity index is 2.07. The molecule has 7 heteroatoms. The summed E-state index contributed by atoms with van der Waals surface area (Å²) in [7, 11) is 0. The summed E-state index contributed by atoms with van der Waals surface area (Å²) < 4.78 is 0. The molecule has 1 aliphatic heterocycles. The summed E-state index contributed by atoms with van der Waals surface area (Å²) in [5, 5.41) is 12.6. The van der Waals surface area contributed by atoms with Gasteiger partial charge in [0, 0.05) is 5.69 Å². The van der Waals surface area contributed by atoms with Crippen molar-refractivity contribution < 1.29 is 19.5 Å². The van der Waals surface area contributed by atoms with Gasteiger partial charge in [0.15, 0.2) is 5.37 Å². The van der Waals surface area contributed by atoms with Crippen LogP contribution in [-0.2, 0) is 4.79 Å². The van der Waals surface area contributed by atoms with Crippen molar-refractivity contribution in [2.75, 3.05) is 5.32 Å². The Morgan fingerprint density at radius 2 is 1.94 bits per heavy atom. The van der Waals surface area contributed by atoms with E-state index in [0.29, 0.717) is 5.69 Å². The van der Waals surface area contributed by atoms with Crippen molar-refractivity contribution in [1.82, 2.24) is 5.32 Å². The van der Waals surface area contributed by atoms with Gasteiger partial charge in [0.2, 0.25) is 0 Å². The number of benzene rings is 1. The number of rotatable bonds is 3. The van der Waals surface area contributed by atoms with Gasteiger partial charge < -0.3 is 10.4 Å². The fourth-order valence-electron chi connectivity index (χ4n) is 1.31. The van der Waals surface area contributed by atoms with Gasteiger partial charge in [0.05, 0.1) is 5.56 Å². The number of aromatic carboxylic acids is 1. The number of thioether (sulfide) groups is 1. The van der Waals surface area contributed by atoms with Gasteiger partial charge in [-0.1, -0.05) is 0 Å². The Hall–Kier alpha value is -2.02. The maximum atomic E-state index is 11.3. The van der Waals surface area contributed by atoms with E-state index in [1.807, 2.05) is 0 Å². The first-order chi connectivity index (χ1) is 8.06. The van der Waals surface area contributed by atoms with Gasteiger partial charge in [-0.2, -0.15) is 0 Å². The zero-order chi connectivity index (χ0) is 12.4. The van der Waals surface area contributed by atoms with Crippen LogP contribution < -0.4 is 10.6 Å². The minimum absolute atomic E-state index is 0.162. The highest BCUT2D eigenvalue weighted by Crippen LogP contribution is 2.21. The molecule has 1 aromatic carbocycles. The Morgan fingerprint density at radius 3 is 2.41 bits per heavy atom. The van der Waals surface area contributed by atoms with Crippen LogP contribution in [0.15, 0.2) is 24.3 Å². The molecule has 1 atom stereocenters. The van der Waals surface area contributed by atoms with E-state index < -0.39 is 22.5 Å². The van der Waals surface area contributed by atoms with Gasteiger partial charge in [0.25, 0.3) is 11.1 Å². The van der Waals surface area contributed by atoms with E-state index in [1.54, 1.807) is 12.1 Å². The fraction of sp³-hybridized carbons (Fsp3) is 0.100. The summed E-state index contributed by atoms with van der Waals surface area (Å²) in [6, 6.07) is 5.92. The molecule has 0 aliphatic carbocycles. The minimum atomic E-state index is -1.01. The molecular weight excluding hydrogens is 244 g/mol. The second-order valence-electron chi connectivity index (χ2n) is 3.30. The third kappa shape index (κ3) is 2.56. The molecule has 0 unspecified atom stereocenters. The molecule has 88 valence electrons. The largest absolute Gasteiger partial charge is 0.478 e. The molecule has 0 spiro atoms. The van der Waals surface area contributed by atoms with E-state index in [1.165, 1.54) is 12.1 Å². The van der Waals surface area contributed by atoms with Gasteiger partial charge in [-0.15, -0.1) is 0 Å². The van der Waals surface area contributed by atoms with Crippen LogP contribution in [0.1, 0.15) is 10.4 Å². The lowest BCUT2D eigenvalue weighted by Crippen LogP contribution is -2.29. The summed E-state index contributed by atoms with van der Waals surface area (Å²) in [5.41, 5.74) is 0.743. The summed E-state index contributed by atoms with van der Waals surface area (Å²) in [6.07, 6.45) is 0. The number of carbonyl (C=O) groups is 3. The van der Waals surface area contributed by atoms with E-state index in [4.69, 9.17) is 5.11 Å². The highest BCUT2D eigenvalue weighted by molar-refractivity contribution is 8.15. The zero-order valence-corrected chi connectivity index (χ0v) is 9.28. The van der Waals surface area contributed by atoms with E-state index in [2.05, 4.69) is 10.6 Å². The molecule has 1 saturated heterocycles. The third-order valence-electron chi connectivity index (χ3n) is 2.12. The average Bonchev–Trinajstić information content (AvgIpc) is 2.58. The van der Waals surface area contributed by atoms with Gasteiger partial charge in [0.1, 0.15) is 0 Å².